The lowest BCUT2D eigenvalue weighted by molar-refractivity contribution is -0.115. The van der Waals surface area contributed by atoms with Crippen LogP contribution in [0.15, 0.2) is 48.5 Å². The van der Waals surface area contributed by atoms with Gasteiger partial charge in [-0.25, -0.2) is 4.79 Å². The SMILES string of the molecule is Cc1ccc(CNC(=O)NCC(=O)Nc2cccc(-c3nnc4n3CCCCC4)c2)cc1. The molecule has 0 bridgehead atoms. The standard InChI is InChI=1S/C24H28N6O2/c1-17-9-11-18(12-10-17)15-25-24(32)26-16-22(31)27-20-7-5-6-19(14-20)23-29-28-21-8-3-2-4-13-30(21)23/h5-7,9-12,14H,2-4,8,13,15-16H2,1H3,(H,27,31)(H2,25,26,32). The lowest BCUT2D eigenvalue weighted by Crippen LogP contribution is -2.39. The van der Waals surface area contributed by atoms with Gasteiger partial charge in [0.2, 0.25) is 5.91 Å². The van der Waals surface area contributed by atoms with Crippen LogP contribution in [0.1, 0.15) is 36.2 Å². The van der Waals surface area contributed by atoms with Crippen molar-refractivity contribution in [3.8, 4) is 11.4 Å². The third-order valence-electron chi connectivity index (χ3n) is 5.50. The van der Waals surface area contributed by atoms with Crippen LogP contribution in [-0.4, -0.2) is 33.2 Å². The van der Waals surface area contributed by atoms with Crippen molar-refractivity contribution < 1.29 is 9.59 Å². The van der Waals surface area contributed by atoms with Crippen LogP contribution in [0.3, 0.4) is 0 Å². The summed E-state index contributed by atoms with van der Waals surface area (Å²) in [5, 5.41) is 16.9. The molecule has 0 fully saturated rings. The Morgan fingerprint density at radius 1 is 1.00 bits per heavy atom. The number of fused-ring (bicyclic) bond motifs is 1. The van der Waals surface area contributed by atoms with Gasteiger partial charge in [0.15, 0.2) is 5.82 Å². The van der Waals surface area contributed by atoms with Gasteiger partial charge in [-0.05, 0) is 37.5 Å². The van der Waals surface area contributed by atoms with Crippen LogP contribution in [-0.2, 0) is 24.3 Å². The summed E-state index contributed by atoms with van der Waals surface area (Å²) in [6.45, 7) is 3.21. The molecule has 0 saturated carbocycles. The minimum Gasteiger partial charge on any atom is -0.334 e. The number of carbonyl (C=O) groups is 2. The highest BCUT2D eigenvalue weighted by Crippen LogP contribution is 2.24. The van der Waals surface area contributed by atoms with Gasteiger partial charge in [0.05, 0.1) is 6.54 Å². The number of hydrogen-bond acceptors (Lipinski definition) is 4. The van der Waals surface area contributed by atoms with E-state index in [1.54, 1.807) is 0 Å². The van der Waals surface area contributed by atoms with Crippen molar-refractivity contribution in [3.63, 3.8) is 0 Å². The van der Waals surface area contributed by atoms with E-state index < -0.39 is 0 Å². The number of hydrogen-bond donors (Lipinski definition) is 3. The molecule has 0 atom stereocenters. The van der Waals surface area contributed by atoms with Crippen LogP contribution in [0.2, 0.25) is 0 Å². The molecule has 2 heterocycles. The second-order valence-corrected chi connectivity index (χ2v) is 8.05. The zero-order valence-corrected chi connectivity index (χ0v) is 18.2. The quantitative estimate of drug-likeness (QED) is 0.556. The van der Waals surface area contributed by atoms with E-state index in [1.165, 1.54) is 12.0 Å². The highest BCUT2D eigenvalue weighted by Gasteiger charge is 2.16. The first kappa shape index (κ1) is 21.5. The van der Waals surface area contributed by atoms with Crippen molar-refractivity contribution in [2.75, 3.05) is 11.9 Å². The number of urea groups is 1. The predicted octanol–water partition coefficient (Wildman–Crippen LogP) is 3.42. The van der Waals surface area contributed by atoms with Crippen LogP contribution in [0.25, 0.3) is 11.4 Å². The van der Waals surface area contributed by atoms with Crippen LogP contribution in [0, 0.1) is 6.92 Å². The molecule has 2 aromatic carbocycles. The smallest absolute Gasteiger partial charge is 0.315 e. The third kappa shape index (κ3) is 5.51. The van der Waals surface area contributed by atoms with Crippen LogP contribution < -0.4 is 16.0 Å². The molecule has 32 heavy (non-hydrogen) atoms. The molecule has 166 valence electrons. The molecular formula is C24H28N6O2. The average Bonchev–Trinajstić information content (AvgIpc) is 3.05. The molecule has 0 aliphatic carbocycles. The van der Waals surface area contributed by atoms with E-state index in [2.05, 4.69) is 30.7 Å². The molecule has 0 unspecified atom stereocenters. The Hall–Kier alpha value is -3.68. The molecule has 8 nitrogen and oxygen atoms in total. The summed E-state index contributed by atoms with van der Waals surface area (Å²) < 4.78 is 2.17. The summed E-state index contributed by atoms with van der Waals surface area (Å²) in [5.74, 6) is 1.55. The van der Waals surface area contributed by atoms with Gasteiger partial charge in [-0.15, -0.1) is 10.2 Å². The van der Waals surface area contributed by atoms with Crippen LogP contribution in [0.4, 0.5) is 10.5 Å². The second-order valence-electron chi connectivity index (χ2n) is 8.05. The monoisotopic (exact) mass is 432 g/mol. The fourth-order valence-electron chi connectivity index (χ4n) is 3.75. The Kier molecular flexibility index (Phi) is 6.79. The number of benzene rings is 2. The van der Waals surface area contributed by atoms with E-state index in [-0.39, 0.29) is 18.5 Å². The van der Waals surface area contributed by atoms with Gasteiger partial charge in [-0.1, -0.05) is 48.4 Å². The van der Waals surface area contributed by atoms with Gasteiger partial charge in [-0.3, -0.25) is 4.79 Å². The van der Waals surface area contributed by atoms with Gasteiger partial charge in [0.25, 0.3) is 0 Å². The van der Waals surface area contributed by atoms with E-state index in [4.69, 9.17) is 0 Å². The van der Waals surface area contributed by atoms with Crippen LogP contribution >= 0.6 is 0 Å². The maximum atomic E-state index is 12.3. The van der Waals surface area contributed by atoms with E-state index in [1.807, 2.05) is 55.5 Å². The Morgan fingerprint density at radius 3 is 2.69 bits per heavy atom. The zero-order valence-electron chi connectivity index (χ0n) is 18.2. The molecule has 0 spiro atoms. The number of amides is 3. The number of rotatable bonds is 6. The van der Waals surface area contributed by atoms with Crippen molar-refractivity contribution in [2.45, 2.75) is 45.7 Å². The fraction of sp³-hybridized carbons (Fsp3) is 0.333. The van der Waals surface area contributed by atoms with Crippen molar-refractivity contribution in [3.05, 3.63) is 65.5 Å². The summed E-state index contributed by atoms with van der Waals surface area (Å²) in [6, 6.07) is 15.1. The molecule has 1 aliphatic rings. The molecule has 0 saturated heterocycles. The molecule has 3 amide bonds. The highest BCUT2D eigenvalue weighted by atomic mass is 16.2. The van der Waals surface area contributed by atoms with E-state index in [0.717, 1.165) is 48.6 Å². The third-order valence-corrected chi connectivity index (χ3v) is 5.50. The molecule has 3 N–H and O–H groups in total. The molecule has 8 heteroatoms. The van der Waals surface area contributed by atoms with Gasteiger partial charge in [0.1, 0.15) is 5.82 Å². The Balaban J connectivity index is 1.30. The number of carbonyl (C=O) groups excluding carboxylic acids is 2. The largest absolute Gasteiger partial charge is 0.334 e. The van der Waals surface area contributed by atoms with Gasteiger partial charge in [-0.2, -0.15) is 0 Å². The molecule has 1 aromatic heterocycles. The maximum Gasteiger partial charge on any atom is 0.315 e. The number of aromatic nitrogens is 3. The average molecular weight is 433 g/mol. The van der Waals surface area contributed by atoms with E-state index in [9.17, 15) is 9.59 Å². The van der Waals surface area contributed by atoms with E-state index >= 15 is 0 Å². The van der Waals surface area contributed by atoms with Gasteiger partial charge in [0, 0.05) is 30.8 Å². The van der Waals surface area contributed by atoms with Crippen LogP contribution in [0.5, 0.6) is 0 Å². The van der Waals surface area contributed by atoms with Gasteiger partial charge >= 0.3 is 6.03 Å². The Bertz CT molecular complexity index is 1090. The Morgan fingerprint density at radius 2 is 1.84 bits per heavy atom. The highest BCUT2D eigenvalue weighted by molar-refractivity contribution is 5.94. The summed E-state index contributed by atoms with van der Waals surface area (Å²) in [4.78, 5) is 24.3. The maximum absolute atomic E-state index is 12.3. The van der Waals surface area contributed by atoms with Crippen molar-refractivity contribution >= 4 is 17.6 Å². The molecule has 1 aliphatic heterocycles. The number of anilines is 1. The lowest BCUT2D eigenvalue weighted by Gasteiger charge is -2.10. The van der Waals surface area contributed by atoms with Gasteiger partial charge < -0.3 is 20.5 Å². The number of nitrogens with one attached hydrogen (secondary N) is 3. The molecule has 3 aromatic rings. The normalized spacial score (nSPS) is 13.0. The summed E-state index contributed by atoms with van der Waals surface area (Å²) in [5.41, 5.74) is 3.73. The lowest BCUT2D eigenvalue weighted by atomic mass is 10.1. The first-order chi connectivity index (χ1) is 15.6. The van der Waals surface area contributed by atoms with Crippen molar-refractivity contribution in [1.82, 2.24) is 25.4 Å². The summed E-state index contributed by atoms with van der Waals surface area (Å²) >= 11 is 0. The molecule has 0 radical (unpaired) electrons. The van der Waals surface area contributed by atoms with E-state index in [0.29, 0.717) is 12.2 Å². The number of aryl methyl sites for hydroxylation is 2. The molecule has 4 rings (SSSR count). The van der Waals surface area contributed by atoms with Crippen molar-refractivity contribution in [2.24, 2.45) is 0 Å². The first-order valence-corrected chi connectivity index (χ1v) is 11.0. The summed E-state index contributed by atoms with van der Waals surface area (Å²) in [6.07, 6.45) is 4.40. The Labute approximate surface area is 187 Å². The molecular weight excluding hydrogens is 404 g/mol. The zero-order chi connectivity index (χ0) is 22.3. The minimum absolute atomic E-state index is 0.121. The fourth-order valence-corrected chi connectivity index (χ4v) is 3.75. The first-order valence-electron chi connectivity index (χ1n) is 11.0. The topological polar surface area (TPSA) is 101 Å². The number of nitrogens with zero attached hydrogens (tertiary/aromatic N) is 3. The predicted molar refractivity (Wildman–Crippen MR) is 123 cm³/mol. The van der Waals surface area contributed by atoms with Crippen molar-refractivity contribution in [1.29, 1.82) is 0 Å². The minimum atomic E-state index is -0.388. The summed E-state index contributed by atoms with van der Waals surface area (Å²) in [7, 11) is 0. The second kappa shape index (κ2) is 10.1.